The molecule has 0 spiro atoms. The number of carbonyl (C=O) groups is 1. The first-order chi connectivity index (χ1) is 13.3. The summed E-state index contributed by atoms with van der Waals surface area (Å²) in [6.45, 7) is 1.42. The van der Waals surface area contributed by atoms with Crippen molar-refractivity contribution < 1.29 is 27.1 Å². The van der Waals surface area contributed by atoms with E-state index in [9.17, 15) is 22.4 Å². The van der Waals surface area contributed by atoms with Crippen LogP contribution in [0.25, 0.3) is 0 Å². The lowest BCUT2D eigenvalue weighted by Gasteiger charge is -2.22. The molecule has 0 saturated carbocycles. The molecule has 1 amide bonds. The third kappa shape index (κ3) is 4.98. The first kappa shape index (κ1) is 20.1. The lowest BCUT2D eigenvalue weighted by Crippen LogP contribution is -2.33. The second-order valence-corrected chi connectivity index (χ2v) is 6.48. The zero-order chi connectivity index (χ0) is 20.1. The molecule has 0 radical (unpaired) electrons. The summed E-state index contributed by atoms with van der Waals surface area (Å²) in [7, 11) is 0. The molecule has 0 aliphatic carbocycles. The van der Waals surface area contributed by atoms with Crippen LogP contribution in [0, 0.1) is 11.7 Å². The molecular formula is C19H19F4N3O2. The first-order valence-corrected chi connectivity index (χ1v) is 8.79. The van der Waals surface area contributed by atoms with E-state index in [1.165, 1.54) is 24.3 Å². The molecule has 1 aromatic carbocycles. The van der Waals surface area contributed by atoms with Gasteiger partial charge in [-0.05, 0) is 37.0 Å². The predicted octanol–water partition coefficient (Wildman–Crippen LogP) is 4.14. The van der Waals surface area contributed by atoms with Crippen molar-refractivity contribution in [2.45, 2.75) is 19.0 Å². The average Bonchev–Trinajstić information content (AvgIpc) is 2.68. The molecule has 3 rings (SSSR count). The molecule has 1 aromatic heterocycles. The van der Waals surface area contributed by atoms with Crippen LogP contribution in [0.4, 0.5) is 29.1 Å². The molecule has 1 saturated heterocycles. The van der Waals surface area contributed by atoms with Crippen LogP contribution in [-0.2, 0) is 10.9 Å². The smallest absolute Gasteiger partial charge is 0.381 e. The average molecular weight is 397 g/mol. The Hall–Kier alpha value is -2.68. The van der Waals surface area contributed by atoms with Crippen LogP contribution >= 0.6 is 0 Å². The zero-order valence-corrected chi connectivity index (χ0v) is 14.9. The van der Waals surface area contributed by atoms with Gasteiger partial charge < -0.3 is 15.4 Å². The summed E-state index contributed by atoms with van der Waals surface area (Å²) in [5.74, 6) is -1.51. The normalized spacial score (nSPS) is 15.3. The lowest BCUT2D eigenvalue weighted by molar-refractivity contribution is -0.137. The van der Waals surface area contributed by atoms with Gasteiger partial charge in [0.2, 0.25) is 0 Å². The third-order valence-electron chi connectivity index (χ3n) is 4.48. The van der Waals surface area contributed by atoms with Crippen LogP contribution in [-0.4, -0.2) is 30.6 Å². The fourth-order valence-electron chi connectivity index (χ4n) is 2.92. The minimum atomic E-state index is -4.76. The fourth-order valence-corrected chi connectivity index (χ4v) is 2.92. The minimum absolute atomic E-state index is 0.0140. The van der Waals surface area contributed by atoms with E-state index in [0.717, 1.165) is 19.0 Å². The highest BCUT2D eigenvalue weighted by molar-refractivity contribution is 5.96. The largest absolute Gasteiger partial charge is 0.417 e. The van der Waals surface area contributed by atoms with E-state index in [1.54, 1.807) is 0 Å². The number of hydrogen-bond donors (Lipinski definition) is 2. The van der Waals surface area contributed by atoms with E-state index in [4.69, 9.17) is 4.74 Å². The summed E-state index contributed by atoms with van der Waals surface area (Å²) >= 11 is 0. The summed E-state index contributed by atoms with van der Waals surface area (Å²) in [5, 5.41) is 5.05. The summed E-state index contributed by atoms with van der Waals surface area (Å²) in [6.07, 6.45) is -2.42. The Morgan fingerprint density at radius 2 is 1.93 bits per heavy atom. The Kier molecular flexibility index (Phi) is 6.13. The number of nitrogens with one attached hydrogen (secondary N) is 2. The van der Waals surface area contributed by atoms with Gasteiger partial charge in [-0.3, -0.25) is 4.79 Å². The van der Waals surface area contributed by atoms with Gasteiger partial charge in [0.25, 0.3) is 5.91 Å². The zero-order valence-electron chi connectivity index (χ0n) is 14.9. The number of anilines is 2. The molecule has 1 aliphatic rings. The first-order valence-electron chi connectivity index (χ1n) is 8.79. The molecule has 2 N–H and O–H groups in total. The van der Waals surface area contributed by atoms with Crippen molar-refractivity contribution >= 4 is 17.4 Å². The Morgan fingerprint density at radius 3 is 2.61 bits per heavy atom. The number of para-hydroxylation sites is 1. The van der Waals surface area contributed by atoms with Crippen LogP contribution in [0.3, 0.4) is 0 Å². The quantitative estimate of drug-likeness (QED) is 0.745. The van der Waals surface area contributed by atoms with Gasteiger partial charge in [0.05, 0.1) is 16.8 Å². The van der Waals surface area contributed by atoms with Gasteiger partial charge in [0.1, 0.15) is 11.6 Å². The second-order valence-electron chi connectivity index (χ2n) is 6.48. The summed E-state index contributed by atoms with van der Waals surface area (Å²) in [5.41, 5.74) is -1.72. The van der Waals surface area contributed by atoms with Crippen molar-refractivity contribution in [1.29, 1.82) is 0 Å². The highest BCUT2D eigenvalue weighted by Crippen LogP contribution is 2.34. The fraction of sp³-hybridized carbons (Fsp3) is 0.368. The molecule has 5 nitrogen and oxygen atoms in total. The van der Waals surface area contributed by atoms with Crippen molar-refractivity contribution in [2.75, 3.05) is 25.1 Å². The van der Waals surface area contributed by atoms with E-state index in [-0.39, 0.29) is 24.0 Å². The van der Waals surface area contributed by atoms with Crippen LogP contribution in [0.15, 0.2) is 36.5 Å². The number of halogens is 4. The third-order valence-corrected chi connectivity index (χ3v) is 4.48. The van der Waals surface area contributed by atoms with Gasteiger partial charge in [-0.2, -0.15) is 13.2 Å². The van der Waals surface area contributed by atoms with Crippen LogP contribution < -0.4 is 10.6 Å². The standard InChI is InChI=1S/C19H19F4N3O2/c20-15-3-1-2-4-16(15)26-17-9-14(19(21,22)23)13(11-24-17)18(27)25-10-12-5-7-28-8-6-12/h1-4,9,11-12H,5-8,10H2,(H,24,26)(H,25,27). The molecule has 28 heavy (non-hydrogen) atoms. The van der Waals surface area contributed by atoms with E-state index in [1.807, 2.05) is 0 Å². The highest BCUT2D eigenvalue weighted by Gasteiger charge is 2.36. The number of alkyl halides is 3. The van der Waals surface area contributed by atoms with Crippen LogP contribution in [0.1, 0.15) is 28.8 Å². The number of aromatic nitrogens is 1. The summed E-state index contributed by atoms with van der Waals surface area (Å²) in [4.78, 5) is 16.2. The Bertz CT molecular complexity index is 836. The molecule has 0 bridgehead atoms. The molecule has 0 atom stereocenters. The number of pyridine rings is 1. The molecular weight excluding hydrogens is 378 g/mol. The van der Waals surface area contributed by atoms with Crippen molar-refractivity contribution in [3.63, 3.8) is 0 Å². The maximum Gasteiger partial charge on any atom is 0.417 e. The van der Waals surface area contributed by atoms with Gasteiger partial charge in [0, 0.05) is 26.0 Å². The van der Waals surface area contributed by atoms with E-state index in [0.29, 0.717) is 19.3 Å². The number of nitrogens with zero attached hydrogens (tertiary/aromatic N) is 1. The molecule has 2 heterocycles. The maximum atomic E-state index is 13.7. The van der Waals surface area contributed by atoms with Crippen molar-refractivity contribution in [2.24, 2.45) is 5.92 Å². The monoisotopic (exact) mass is 397 g/mol. The van der Waals surface area contributed by atoms with Crippen LogP contribution in [0.5, 0.6) is 0 Å². The Balaban J connectivity index is 1.78. The summed E-state index contributed by atoms with van der Waals surface area (Å²) < 4.78 is 59.4. The summed E-state index contributed by atoms with van der Waals surface area (Å²) in [6, 6.07) is 6.24. The van der Waals surface area contributed by atoms with Crippen molar-refractivity contribution in [3.05, 3.63) is 53.5 Å². The number of amides is 1. The number of benzene rings is 1. The number of hydrogen-bond acceptors (Lipinski definition) is 4. The lowest BCUT2D eigenvalue weighted by atomic mass is 10.00. The van der Waals surface area contributed by atoms with Crippen molar-refractivity contribution in [3.8, 4) is 0 Å². The Labute approximate surface area is 159 Å². The molecule has 9 heteroatoms. The second kappa shape index (κ2) is 8.55. The van der Waals surface area contributed by atoms with Gasteiger partial charge in [-0.1, -0.05) is 12.1 Å². The van der Waals surface area contributed by atoms with Crippen molar-refractivity contribution in [1.82, 2.24) is 10.3 Å². The number of ether oxygens (including phenoxy) is 1. The van der Waals surface area contributed by atoms with Gasteiger partial charge in [-0.25, -0.2) is 9.37 Å². The molecule has 1 fully saturated rings. The maximum absolute atomic E-state index is 13.7. The highest BCUT2D eigenvalue weighted by atomic mass is 19.4. The van der Waals surface area contributed by atoms with Crippen LogP contribution in [0.2, 0.25) is 0 Å². The molecule has 0 unspecified atom stereocenters. The van der Waals surface area contributed by atoms with Gasteiger partial charge in [0.15, 0.2) is 0 Å². The number of rotatable bonds is 5. The van der Waals surface area contributed by atoms with E-state index in [2.05, 4.69) is 15.6 Å². The Morgan fingerprint density at radius 1 is 1.21 bits per heavy atom. The van der Waals surface area contributed by atoms with E-state index >= 15 is 0 Å². The SMILES string of the molecule is O=C(NCC1CCOCC1)c1cnc(Nc2ccccc2F)cc1C(F)(F)F. The molecule has 150 valence electrons. The van der Waals surface area contributed by atoms with E-state index < -0.39 is 29.0 Å². The molecule has 1 aliphatic heterocycles. The topological polar surface area (TPSA) is 63.2 Å². The number of carbonyl (C=O) groups excluding carboxylic acids is 1. The van der Waals surface area contributed by atoms with Gasteiger partial charge >= 0.3 is 6.18 Å². The minimum Gasteiger partial charge on any atom is -0.381 e. The molecule has 2 aromatic rings. The predicted molar refractivity (Wildman–Crippen MR) is 94.8 cm³/mol. The van der Waals surface area contributed by atoms with Gasteiger partial charge in [-0.15, -0.1) is 0 Å².